The van der Waals surface area contributed by atoms with Gasteiger partial charge in [0.1, 0.15) is 6.61 Å². The molecule has 1 aromatic rings. The molecule has 72 valence electrons. The van der Waals surface area contributed by atoms with Gasteiger partial charge in [0, 0.05) is 18.5 Å². The molecule has 0 saturated carbocycles. The molecule has 2 N–H and O–H groups in total. The van der Waals surface area contributed by atoms with Crippen LogP contribution < -0.4 is 0 Å². The summed E-state index contributed by atoms with van der Waals surface area (Å²) in [5, 5.41) is 8.26. The van der Waals surface area contributed by atoms with E-state index in [2.05, 4.69) is 9.97 Å². The highest BCUT2D eigenvalue weighted by molar-refractivity contribution is 5.67. The number of nitrogens with zero attached hydrogens (tertiary/aromatic N) is 1. The minimum absolute atomic E-state index is 0.219. The standard InChI is InChI=1S/C8H12N2O3/c11-8(12)5-13-3-1-2-7-4-9-6-10-7/h4,6H,1-3,5H2,(H,9,10)(H,11,12). The third-order valence-electron chi connectivity index (χ3n) is 1.52. The number of ether oxygens (including phenoxy) is 1. The van der Waals surface area contributed by atoms with E-state index >= 15 is 0 Å². The molecule has 0 spiro atoms. The lowest BCUT2D eigenvalue weighted by molar-refractivity contribution is -0.142. The lowest BCUT2D eigenvalue weighted by atomic mass is 10.3. The number of aromatic nitrogens is 2. The van der Waals surface area contributed by atoms with Crippen LogP contribution in [-0.2, 0) is 16.0 Å². The summed E-state index contributed by atoms with van der Waals surface area (Å²) in [6.07, 6.45) is 5.00. The van der Waals surface area contributed by atoms with Crippen LogP contribution in [0, 0.1) is 0 Å². The zero-order valence-corrected chi connectivity index (χ0v) is 7.19. The normalized spacial score (nSPS) is 10.2. The number of hydrogen-bond acceptors (Lipinski definition) is 3. The van der Waals surface area contributed by atoms with Crippen LogP contribution in [0.2, 0.25) is 0 Å². The average molecular weight is 184 g/mol. The second-order valence-electron chi connectivity index (χ2n) is 2.63. The number of carbonyl (C=O) groups is 1. The van der Waals surface area contributed by atoms with Gasteiger partial charge >= 0.3 is 5.97 Å². The van der Waals surface area contributed by atoms with E-state index in [1.165, 1.54) is 0 Å². The number of rotatable bonds is 6. The second-order valence-corrected chi connectivity index (χ2v) is 2.63. The molecule has 0 aliphatic carbocycles. The molecular weight excluding hydrogens is 172 g/mol. The largest absolute Gasteiger partial charge is 0.480 e. The predicted octanol–water partition coefficient (Wildman–Crippen LogP) is 0.444. The summed E-state index contributed by atoms with van der Waals surface area (Å²) >= 11 is 0. The van der Waals surface area contributed by atoms with Crippen LogP contribution >= 0.6 is 0 Å². The number of imidazole rings is 1. The number of carboxylic acid groups (broad SMARTS) is 1. The molecule has 0 amide bonds. The van der Waals surface area contributed by atoms with Crippen molar-refractivity contribution in [3.63, 3.8) is 0 Å². The number of carboxylic acids is 1. The van der Waals surface area contributed by atoms with Gasteiger partial charge in [0.15, 0.2) is 0 Å². The van der Waals surface area contributed by atoms with Gasteiger partial charge in [-0.2, -0.15) is 0 Å². The predicted molar refractivity (Wildman–Crippen MR) is 45.4 cm³/mol. The van der Waals surface area contributed by atoms with E-state index in [-0.39, 0.29) is 6.61 Å². The van der Waals surface area contributed by atoms with Crippen LogP contribution in [-0.4, -0.2) is 34.3 Å². The van der Waals surface area contributed by atoms with Crippen molar-refractivity contribution in [2.24, 2.45) is 0 Å². The summed E-state index contributed by atoms with van der Waals surface area (Å²) in [4.78, 5) is 16.9. The highest BCUT2D eigenvalue weighted by Gasteiger charge is 1.97. The second kappa shape index (κ2) is 5.31. The van der Waals surface area contributed by atoms with Crippen molar-refractivity contribution in [1.82, 2.24) is 9.97 Å². The molecule has 1 rings (SSSR count). The molecule has 0 bridgehead atoms. The number of H-pyrrole nitrogens is 1. The molecule has 0 aromatic carbocycles. The molecule has 0 aliphatic rings. The van der Waals surface area contributed by atoms with Crippen LogP contribution in [0.4, 0.5) is 0 Å². The maximum atomic E-state index is 10.0. The minimum atomic E-state index is -0.929. The van der Waals surface area contributed by atoms with Gasteiger partial charge in [-0.15, -0.1) is 0 Å². The van der Waals surface area contributed by atoms with Crippen molar-refractivity contribution in [3.8, 4) is 0 Å². The number of aliphatic carboxylic acids is 1. The molecule has 0 aliphatic heterocycles. The van der Waals surface area contributed by atoms with E-state index in [4.69, 9.17) is 9.84 Å². The van der Waals surface area contributed by atoms with E-state index < -0.39 is 5.97 Å². The number of aromatic amines is 1. The van der Waals surface area contributed by atoms with Crippen molar-refractivity contribution >= 4 is 5.97 Å². The monoisotopic (exact) mass is 184 g/mol. The highest BCUT2D eigenvalue weighted by atomic mass is 16.5. The summed E-state index contributed by atoms with van der Waals surface area (Å²) in [5.41, 5.74) is 1.04. The van der Waals surface area contributed by atoms with Gasteiger partial charge in [-0.05, 0) is 12.8 Å². The number of hydrogen-bond donors (Lipinski definition) is 2. The molecule has 1 heterocycles. The van der Waals surface area contributed by atoms with E-state index in [0.717, 1.165) is 18.5 Å². The maximum Gasteiger partial charge on any atom is 0.329 e. The Morgan fingerprint density at radius 2 is 2.54 bits per heavy atom. The number of nitrogens with one attached hydrogen (secondary N) is 1. The fourth-order valence-electron chi connectivity index (χ4n) is 0.946. The molecule has 0 radical (unpaired) electrons. The van der Waals surface area contributed by atoms with Crippen LogP contribution in [0.15, 0.2) is 12.5 Å². The first kappa shape index (κ1) is 9.73. The van der Waals surface area contributed by atoms with Gasteiger partial charge in [0.2, 0.25) is 0 Å². The summed E-state index contributed by atoms with van der Waals surface area (Å²) in [6.45, 7) is 0.244. The summed E-state index contributed by atoms with van der Waals surface area (Å²) in [7, 11) is 0. The Balaban J connectivity index is 1.99. The Hall–Kier alpha value is -1.36. The molecule has 0 atom stereocenters. The Labute approximate surface area is 75.8 Å². The minimum Gasteiger partial charge on any atom is -0.480 e. The van der Waals surface area contributed by atoms with Gasteiger partial charge in [-0.1, -0.05) is 0 Å². The summed E-state index contributed by atoms with van der Waals surface area (Å²) in [6, 6.07) is 0. The molecule has 5 nitrogen and oxygen atoms in total. The topological polar surface area (TPSA) is 75.2 Å². The van der Waals surface area contributed by atoms with Gasteiger partial charge < -0.3 is 14.8 Å². The first-order valence-corrected chi connectivity index (χ1v) is 4.06. The van der Waals surface area contributed by atoms with Gasteiger partial charge in [-0.3, -0.25) is 0 Å². The molecule has 0 unspecified atom stereocenters. The van der Waals surface area contributed by atoms with Crippen LogP contribution in [0.1, 0.15) is 12.1 Å². The van der Waals surface area contributed by atoms with E-state index in [1.807, 2.05) is 0 Å². The lowest BCUT2D eigenvalue weighted by Gasteiger charge is -1.99. The van der Waals surface area contributed by atoms with Crippen LogP contribution in [0.3, 0.4) is 0 Å². The Morgan fingerprint density at radius 3 is 3.15 bits per heavy atom. The van der Waals surface area contributed by atoms with E-state index in [1.54, 1.807) is 12.5 Å². The van der Waals surface area contributed by atoms with E-state index in [9.17, 15) is 4.79 Å². The molecular formula is C8H12N2O3. The Morgan fingerprint density at radius 1 is 1.69 bits per heavy atom. The smallest absolute Gasteiger partial charge is 0.329 e. The molecule has 5 heteroatoms. The fourth-order valence-corrected chi connectivity index (χ4v) is 0.946. The lowest BCUT2D eigenvalue weighted by Crippen LogP contribution is -2.08. The third-order valence-corrected chi connectivity index (χ3v) is 1.52. The van der Waals surface area contributed by atoms with Crippen LogP contribution in [0.25, 0.3) is 0 Å². The fraction of sp³-hybridized carbons (Fsp3) is 0.500. The van der Waals surface area contributed by atoms with Gasteiger partial charge in [0.25, 0.3) is 0 Å². The quantitative estimate of drug-likeness (QED) is 0.629. The molecule has 0 fully saturated rings. The molecule has 13 heavy (non-hydrogen) atoms. The SMILES string of the molecule is O=C(O)COCCCc1cnc[nH]1. The van der Waals surface area contributed by atoms with Crippen molar-refractivity contribution in [3.05, 3.63) is 18.2 Å². The molecule has 1 aromatic heterocycles. The van der Waals surface area contributed by atoms with Gasteiger partial charge in [-0.25, -0.2) is 9.78 Å². The van der Waals surface area contributed by atoms with E-state index in [0.29, 0.717) is 6.61 Å². The third kappa shape index (κ3) is 4.27. The molecule has 0 saturated heterocycles. The Bertz CT molecular complexity index is 246. The first-order chi connectivity index (χ1) is 6.29. The number of aryl methyl sites for hydroxylation is 1. The zero-order valence-electron chi connectivity index (χ0n) is 7.19. The average Bonchev–Trinajstić information content (AvgIpc) is 2.55. The summed E-state index contributed by atoms with van der Waals surface area (Å²) < 4.78 is 4.86. The van der Waals surface area contributed by atoms with Crippen molar-refractivity contribution < 1.29 is 14.6 Å². The van der Waals surface area contributed by atoms with Crippen LogP contribution in [0.5, 0.6) is 0 Å². The van der Waals surface area contributed by atoms with Gasteiger partial charge in [0.05, 0.1) is 6.33 Å². The Kier molecular flexibility index (Phi) is 3.98. The van der Waals surface area contributed by atoms with Crippen molar-refractivity contribution in [2.45, 2.75) is 12.8 Å². The van der Waals surface area contributed by atoms with Crippen molar-refractivity contribution in [2.75, 3.05) is 13.2 Å². The highest BCUT2D eigenvalue weighted by Crippen LogP contribution is 1.96. The first-order valence-electron chi connectivity index (χ1n) is 4.06. The maximum absolute atomic E-state index is 10.0. The van der Waals surface area contributed by atoms with Crippen molar-refractivity contribution in [1.29, 1.82) is 0 Å². The summed E-state index contributed by atoms with van der Waals surface area (Å²) in [5.74, 6) is -0.929. The zero-order chi connectivity index (χ0) is 9.52.